The fourth-order valence-electron chi connectivity index (χ4n) is 3.84. The van der Waals surface area contributed by atoms with Crippen LogP contribution in [-0.4, -0.2) is 21.8 Å². The van der Waals surface area contributed by atoms with Crippen LogP contribution in [0.4, 0.5) is 0 Å². The third kappa shape index (κ3) is 3.78. The lowest BCUT2D eigenvalue weighted by molar-refractivity contribution is -0.134. The second kappa shape index (κ2) is 7.42. The van der Waals surface area contributed by atoms with Gasteiger partial charge in [-0.25, -0.2) is 0 Å². The van der Waals surface area contributed by atoms with Gasteiger partial charge in [-0.2, -0.15) is 0 Å². The number of amides is 1. The van der Waals surface area contributed by atoms with Gasteiger partial charge in [-0.05, 0) is 61.4 Å². The molecule has 0 bridgehead atoms. The predicted molar refractivity (Wildman–Crippen MR) is 102 cm³/mol. The Morgan fingerprint density at radius 3 is 2.48 bits per heavy atom. The topological polar surface area (TPSA) is 53.2 Å². The fraction of sp³-hybridized carbons (Fsp3) is 0.524. The van der Waals surface area contributed by atoms with Crippen molar-refractivity contribution in [1.82, 2.24) is 9.88 Å². The van der Waals surface area contributed by atoms with E-state index in [2.05, 4.69) is 18.0 Å². The Morgan fingerprint density at radius 1 is 1.12 bits per heavy atom. The number of aromatic amines is 1. The molecule has 2 aromatic rings. The summed E-state index contributed by atoms with van der Waals surface area (Å²) in [5, 5.41) is 1.03. The molecule has 1 N–H and O–H groups in total. The number of aromatic nitrogens is 1. The Hall–Kier alpha value is -2.10. The molecule has 1 amide bonds. The first kappa shape index (κ1) is 17.7. The van der Waals surface area contributed by atoms with Crippen molar-refractivity contribution in [3.63, 3.8) is 0 Å². The van der Waals surface area contributed by atoms with Gasteiger partial charge in [0, 0.05) is 23.5 Å². The van der Waals surface area contributed by atoms with E-state index >= 15 is 0 Å². The van der Waals surface area contributed by atoms with Crippen molar-refractivity contribution in [2.75, 3.05) is 0 Å². The highest BCUT2D eigenvalue weighted by Crippen LogP contribution is 2.25. The number of fused-ring (bicyclic) bond motifs is 1. The van der Waals surface area contributed by atoms with Gasteiger partial charge in [-0.15, -0.1) is 0 Å². The quantitative estimate of drug-likeness (QED) is 0.906. The zero-order valence-corrected chi connectivity index (χ0v) is 15.5. The monoisotopic (exact) mass is 340 g/mol. The predicted octanol–water partition coefficient (Wildman–Crippen LogP) is 4.22. The fourth-order valence-corrected chi connectivity index (χ4v) is 3.84. The number of benzene rings is 1. The molecule has 1 heterocycles. The molecule has 1 aromatic heterocycles. The van der Waals surface area contributed by atoms with Crippen LogP contribution in [0.15, 0.2) is 23.0 Å². The molecule has 0 spiro atoms. The van der Waals surface area contributed by atoms with Gasteiger partial charge in [0.15, 0.2) is 0 Å². The minimum atomic E-state index is -0.0829. The van der Waals surface area contributed by atoms with Crippen LogP contribution in [0, 0.1) is 13.8 Å². The number of hydrogen-bond donors (Lipinski definition) is 1. The number of carbonyl (C=O) groups excluding carboxylic acids is 1. The minimum Gasteiger partial charge on any atom is -0.335 e. The Balaban J connectivity index is 1.95. The molecule has 0 radical (unpaired) electrons. The van der Waals surface area contributed by atoms with Crippen LogP contribution < -0.4 is 5.56 Å². The summed E-state index contributed by atoms with van der Waals surface area (Å²) in [5.74, 6) is 0.145. The number of nitrogens with one attached hydrogen (secondary N) is 1. The highest BCUT2D eigenvalue weighted by molar-refractivity contribution is 5.81. The molecule has 25 heavy (non-hydrogen) atoms. The lowest BCUT2D eigenvalue weighted by atomic mass is 9.93. The van der Waals surface area contributed by atoms with Gasteiger partial charge in [0.25, 0.3) is 5.56 Å². The number of H-pyrrole nitrogens is 1. The number of nitrogens with zero attached hydrogens (tertiary/aromatic N) is 1. The number of hydrogen-bond acceptors (Lipinski definition) is 2. The molecule has 1 fully saturated rings. The summed E-state index contributed by atoms with van der Waals surface area (Å²) in [5.41, 5.74) is 3.84. The maximum Gasteiger partial charge on any atom is 0.253 e. The van der Waals surface area contributed by atoms with E-state index in [9.17, 15) is 9.59 Å². The summed E-state index contributed by atoms with van der Waals surface area (Å²) in [7, 11) is 0. The first-order chi connectivity index (χ1) is 12.0. The molecule has 4 nitrogen and oxygen atoms in total. The zero-order valence-electron chi connectivity index (χ0n) is 15.5. The molecule has 1 aliphatic rings. The molecular formula is C21H28N2O2. The first-order valence-electron chi connectivity index (χ1n) is 9.42. The van der Waals surface area contributed by atoms with E-state index in [1.165, 1.54) is 30.4 Å². The van der Waals surface area contributed by atoms with Crippen molar-refractivity contribution < 1.29 is 4.79 Å². The molecule has 1 aromatic carbocycles. The summed E-state index contributed by atoms with van der Waals surface area (Å²) in [6.45, 7) is 6.44. The number of carbonyl (C=O) groups is 1. The van der Waals surface area contributed by atoms with Crippen molar-refractivity contribution in [2.45, 2.75) is 71.9 Å². The van der Waals surface area contributed by atoms with Gasteiger partial charge >= 0.3 is 0 Å². The van der Waals surface area contributed by atoms with Gasteiger partial charge < -0.3 is 9.88 Å². The van der Waals surface area contributed by atoms with Crippen LogP contribution in [0.3, 0.4) is 0 Å². The molecular weight excluding hydrogens is 312 g/mol. The van der Waals surface area contributed by atoms with Gasteiger partial charge in [-0.1, -0.05) is 26.2 Å². The highest BCUT2D eigenvalue weighted by atomic mass is 16.2. The van der Waals surface area contributed by atoms with Gasteiger partial charge in [0.2, 0.25) is 5.91 Å². The number of pyridine rings is 1. The van der Waals surface area contributed by atoms with Crippen molar-refractivity contribution in [2.24, 2.45) is 0 Å². The lowest BCUT2D eigenvalue weighted by Gasteiger charge is -2.34. The van der Waals surface area contributed by atoms with E-state index in [1.807, 2.05) is 30.9 Å². The van der Waals surface area contributed by atoms with E-state index in [0.29, 0.717) is 18.5 Å². The third-order valence-electron chi connectivity index (χ3n) is 5.51. The molecule has 0 unspecified atom stereocenters. The Kier molecular flexibility index (Phi) is 5.26. The molecule has 0 aliphatic heterocycles. The second-order valence-corrected chi connectivity index (χ2v) is 7.31. The van der Waals surface area contributed by atoms with Crippen LogP contribution in [0.5, 0.6) is 0 Å². The van der Waals surface area contributed by atoms with Crippen molar-refractivity contribution in [3.8, 4) is 0 Å². The second-order valence-electron chi connectivity index (χ2n) is 7.31. The standard InChI is InChI=1S/C21H28N2O2/c1-4-20(24)23(18-8-6-5-7-9-18)13-17-12-16-10-14(2)15(3)11-19(16)22-21(17)25/h10-12,18H,4-9,13H2,1-3H3,(H,22,25). The molecule has 1 aliphatic carbocycles. The van der Waals surface area contributed by atoms with Crippen molar-refractivity contribution in [1.29, 1.82) is 0 Å². The smallest absolute Gasteiger partial charge is 0.253 e. The van der Waals surface area contributed by atoms with E-state index in [-0.39, 0.29) is 17.5 Å². The van der Waals surface area contributed by atoms with Crippen molar-refractivity contribution in [3.05, 3.63) is 45.2 Å². The Labute approximate surface area is 149 Å². The number of rotatable bonds is 4. The maximum atomic E-state index is 12.6. The van der Waals surface area contributed by atoms with E-state index in [0.717, 1.165) is 23.7 Å². The molecule has 4 heteroatoms. The summed E-state index contributed by atoms with van der Waals surface area (Å²) >= 11 is 0. The molecule has 1 saturated carbocycles. The van der Waals surface area contributed by atoms with E-state index < -0.39 is 0 Å². The van der Waals surface area contributed by atoms with E-state index in [4.69, 9.17) is 0 Å². The van der Waals surface area contributed by atoms with Gasteiger partial charge in [-0.3, -0.25) is 9.59 Å². The maximum absolute atomic E-state index is 12.6. The number of aryl methyl sites for hydroxylation is 2. The highest BCUT2D eigenvalue weighted by Gasteiger charge is 2.25. The molecule has 3 rings (SSSR count). The molecule has 0 saturated heterocycles. The average molecular weight is 340 g/mol. The normalized spacial score (nSPS) is 15.5. The molecule has 134 valence electrons. The van der Waals surface area contributed by atoms with Crippen LogP contribution in [0.25, 0.3) is 10.9 Å². The largest absolute Gasteiger partial charge is 0.335 e. The zero-order chi connectivity index (χ0) is 18.0. The van der Waals surface area contributed by atoms with Crippen LogP contribution in [0.2, 0.25) is 0 Å². The molecule has 0 atom stereocenters. The Bertz CT molecular complexity index is 832. The Morgan fingerprint density at radius 2 is 1.80 bits per heavy atom. The first-order valence-corrected chi connectivity index (χ1v) is 9.42. The summed E-state index contributed by atoms with van der Waals surface area (Å²) in [6, 6.07) is 6.36. The summed E-state index contributed by atoms with van der Waals surface area (Å²) in [6.07, 6.45) is 6.18. The lowest BCUT2D eigenvalue weighted by Crippen LogP contribution is -2.41. The van der Waals surface area contributed by atoms with E-state index in [1.54, 1.807) is 0 Å². The third-order valence-corrected chi connectivity index (χ3v) is 5.51. The summed E-state index contributed by atoms with van der Waals surface area (Å²) in [4.78, 5) is 30.0. The minimum absolute atomic E-state index is 0.0829. The SMILES string of the molecule is CCC(=O)N(Cc1cc2cc(C)c(C)cc2[nH]c1=O)C1CCCCC1. The van der Waals surface area contributed by atoms with Gasteiger partial charge in [0.05, 0.1) is 6.54 Å². The van der Waals surface area contributed by atoms with Crippen LogP contribution in [0.1, 0.15) is 62.1 Å². The van der Waals surface area contributed by atoms with Crippen LogP contribution in [-0.2, 0) is 11.3 Å². The van der Waals surface area contributed by atoms with Crippen LogP contribution >= 0.6 is 0 Å². The van der Waals surface area contributed by atoms with Gasteiger partial charge in [0.1, 0.15) is 0 Å². The average Bonchev–Trinajstić information content (AvgIpc) is 2.61. The van der Waals surface area contributed by atoms with Crippen molar-refractivity contribution >= 4 is 16.8 Å². The summed E-state index contributed by atoms with van der Waals surface area (Å²) < 4.78 is 0.